The SMILES string of the molecule is CCCOc1ccccc1[C@@H]1C(C(=O)OC)=C(C)N=c2s/c(=C/c3ccc(-c4cccc(C(=O)OC(C)C)c4)o3)c(=O)n21. The minimum Gasteiger partial charge on any atom is -0.493 e. The number of rotatable bonds is 9. The summed E-state index contributed by atoms with van der Waals surface area (Å²) in [5, 5.41) is 0. The third kappa shape index (κ3) is 6.10. The highest BCUT2D eigenvalue weighted by Gasteiger charge is 2.34. The molecule has 0 amide bonds. The summed E-state index contributed by atoms with van der Waals surface area (Å²) in [4.78, 5) is 44.4. The number of benzene rings is 2. The maximum Gasteiger partial charge on any atom is 0.338 e. The van der Waals surface area contributed by atoms with E-state index in [1.165, 1.54) is 23.0 Å². The summed E-state index contributed by atoms with van der Waals surface area (Å²) < 4.78 is 24.4. The quantitative estimate of drug-likeness (QED) is 0.248. The van der Waals surface area contributed by atoms with Crippen LogP contribution in [0, 0.1) is 0 Å². The summed E-state index contributed by atoms with van der Waals surface area (Å²) in [6, 6.07) is 17.1. The van der Waals surface area contributed by atoms with E-state index in [0.717, 1.165) is 6.42 Å². The number of allylic oxidation sites excluding steroid dienone is 1. The summed E-state index contributed by atoms with van der Waals surface area (Å²) in [6.45, 7) is 7.81. The van der Waals surface area contributed by atoms with Crippen molar-refractivity contribution in [3.8, 4) is 17.1 Å². The topological polar surface area (TPSA) is 109 Å². The first kappa shape index (κ1) is 29.8. The van der Waals surface area contributed by atoms with Gasteiger partial charge in [-0.1, -0.05) is 48.6 Å². The van der Waals surface area contributed by atoms with Crippen molar-refractivity contribution in [2.75, 3.05) is 13.7 Å². The Bertz CT molecular complexity index is 1890. The van der Waals surface area contributed by atoms with Gasteiger partial charge in [0.05, 0.1) is 41.2 Å². The van der Waals surface area contributed by atoms with Crippen LogP contribution in [-0.2, 0) is 14.3 Å². The van der Waals surface area contributed by atoms with Crippen LogP contribution in [0.5, 0.6) is 5.75 Å². The molecule has 5 rings (SSSR count). The Hall–Kier alpha value is -4.70. The van der Waals surface area contributed by atoms with Gasteiger partial charge in [0.1, 0.15) is 23.3 Å². The Balaban J connectivity index is 1.58. The number of furan rings is 1. The van der Waals surface area contributed by atoms with Crippen LogP contribution in [0.2, 0.25) is 0 Å². The largest absolute Gasteiger partial charge is 0.493 e. The van der Waals surface area contributed by atoms with Gasteiger partial charge in [-0.3, -0.25) is 9.36 Å². The Labute approximate surface area is 252 Å². The molecule has 1 aliphatic rings. The molecule has 0 aliphatic carbocycles. The van der Waals surface area contributed by atoms with Crippen molar-refractivity contribution in [3.63, 3.8) is 0 Å². The predicted octanol–water partition coefficient (Wildman–Crippen LogP) is 5.02. The predicted molar refractivity (Wildman–Crippen MR) is 163 cm³/mol. The van der Waals surface area contributed by atoms with Crippen molar-refractivity contribution in [1.29, 1.82) is 0 Å². The van der Waals surface area contributed by atoms with Gasteiger partial charge in [-0.2, -0.15) is 0 Å². The van der Waals surface area contributed by atoms with Gasteiger partial charge >= 0.3 is 11.9 Å². The number of hydrogen-bond donors (Lipinski definition) is 0. The maximum atomic E-state index is 13.9. The third-order valence-electron chi connectivity index (χ3n) is 6.73. The van der Waals surface area contributed by atoms with Gasteiger partial charge in [0.25, 0.3) is 5.56 Å². The number of carbonyl (C=O) groups excluding carboxylic acids is 2. The molecular weight excluding hydrogens is 568 g/mol. The number of ether oxygens (including phenoxy) is 3. The van der Waals surface area contributed by atoms with E-state index in [1.54, 1.807) is 57.2 Å². The number of carbonyl (C=O) groups is 2. The van der Waals surface area contributed by atoms with Crippen molar-refractivity contribution in [2.24, 2.45) is 4.99 Å². The molecule has 1 aliphatic heterocycles. The fourth-order valence-electron chi connectivity index (χ4n) is 4.83. The van der Waals surface area contributed by atoms with Gasteiger partial charge in [-0.15, -0.1) is 0 Å². The molecule has 4 aromatic rings. The summed E-state index contributed by atoms with van der Waals surface area (Å²) in [5.74, 6) is 0.572. The maximum absolute atomic E-state index is 13.9. The minimum atomic E-state index is -0.792. The summed E-state index contributed by atoms with van der Waals surface area (Å²) in [5.41, 5.74) is 2.17. The van der Waals surface area contributed by atoms with Crippen LogP contribution >= 0.6 is 11.3 Å². The zero-order chi connectivity index (χ0) is 30.7. The molecule has 2 aromatic carbocycles. The number of methoxy groups -OCH3 is 1. The molecule has 10 heteroatoms. The molecule has 3 heterocycles. The van der Waals surface area contributed by atoms with E-state index < -0.39 is 18.0 Å². The second-order valence-corrected chi connectivity index (χ2v) is 11.2. The van der Waals surface area contributed by atoms with Gasteiger partial charge in [0.15, 0.2) is 4.80 Å². The molecule has 0 saturated carbocycles. The molecule has 0 N–H and O–H groups in total. The Kier molecular flexibility index (Phi) is 8.77. The molecule has 0 saturated heterocycles. The van der Waals surface area contributed by atoms with Gasteiger partial charge < -0.3 is 18.6 Å². The van der Waals surface area contributed by atoms with E-state index in [-0.39, 0.29) is 17.2 Å². The van der Waals surface area contributed by atoms with Crippen molar-refractivity contribution in [3.05, 3.63) is 109 Å². The zero-order valence-electron chi connectivity index (χ0n) is 24.6. The number of hydrogen-bond acceptors (Lipinski definition) is 9. The average Bonchev–Trinajstić information content (AvgIpc) is 3.59. The highest BCUT2D eigenvalue weighted by molar-refractivity contribution is 7.07. The zero-order valence-corrected chi connectivity index (χ0v) is 25.4. The number of aromatic nitrogens is 1. The molecule has 0 spiro atoms. The summed E-state index contributed by atoms with van der Waals surface area (Å²) >= 11 is 1.20. The van der Waals surface area contributed by atoms with E-state index in [9.17, 15) is 14.4 Å². The molecule has 9 nitrogen and oxygen atoms in total. The lowest BCUT2D eigenvalue weighted by Gasteiger charge is -2.26. The van der Waals surface area contributed by atoms with Crippen LogP contribution in [0.3, 0.4) is 0 Å². The molecule has 0 bridgehead atoms. The van der Waals surface area contributed by atoms with Gasteiger partial charge in [-0.25, -0.2) is 14.6 Å². The van der Waals surface area contributed by atoms with E-state index >= 15 is 0 Å². The first-order chi connectivity index (χ1) is 20.7. The molecule has 0 fully saturated rings. The standard InChI is InChI=1S/C33H32N2O7S/c1-6-16-40-26-13-8-7-12-24(26)29-28(32(38)39-5)20(4)34-33-35(29)30(36)27(43-33)18-23-14-15-25(42-23)21-10-9-11-22(17-21)31(37)41-19(2)3/h7-15,17-19,29H,6,16H2,1-5H3/b27-18+/t29-/m1/s1. The fraction of sp³-hybridized carbons (Fsp3) is 0.273. The monoisotopic (exact) mass is 600 g/mol. The summed E-state index contributed by atoms with van der Waals surface area (Å²) in [6.07, 6.45) is 2.22. The molecule has 222 valence electrons. The van der Waals surface area contributed by atoms with Gasteiger partial charge in [0.2, 0.25) is 0 Å². The van der Waals surface area contributed by atoms with E-state index in [4.69, 9.17) is 18.6 Å². The second kappa shape index (κ2) is 12.7. The number of para-hydroxylation sites is 1. The first-order valence-corrected chi connectivity index (χ1v) is 14.8. The van der Waals surface area contributed by atoms with Gasteiger partial charge in [-0.05, 0) is 57.5 Å². The van der Waals surface area contributed by atoms with Crippen LogP contribution in [0.4, 0.5) is 0 Å². The highest BCUT2D eigenvalue weighted by Crippen LogP contribution is 2.36. The highest BCUT2D eigenvalue weighted by atomic mass is 32.1. The normalized spacial score (nSPS) is 14.8. The minimum absolute atomic E-state index is 0.233. The van der Waals surface area contributed by atoms with Crippen molar-refractivity contribution < 1.29 is 28.2 Å². The van der Waals surface area contributed by atoms with Crippen molar-refractivity contribution in [2.45, 2.75) is 46.3 Å². The lowest BCUT2D eigenvalue weighted by Crippen LogP contribution is -2.40. The van der Waals surface area contributed by atoms with Crippen LogP contribution < -0.4 is 19.6 Å². The second-order valence-electron chi connectivity index (χ2n) is 10.2. The number of fused-ring (bicyclic) bond motifs is 1. The van der Waals surface area contributed by atoms with E-state index in [0.29, 0.717) is 55.6 Å². The Morgan fingerprint density at radius 1 is 1.09 bits per heavy atom. The fourth-order valence-corrected chi connectivity index (χ4v) is 5.86. The number of thiazole rings is 1. The molecule has 0 unspecified atom stereocenters. The average molecular weight is 601 g/mol. The molecule has 0 radical (unpaired) electrons. The number of nitrogens with zero attached hydrogens (tertiary/aromatic N) is 2. The Morgan fingerprint density at radius 3 is 2.63 bits per heavy atom. The van der Waals surface area contributed by atoms with Crippen LogP contribution in [-0.4, -0.2) is 36.3 Å². The molecule has 1 atom stereocenters. The number of esters is 2. The molecule has 43 heavy (non-hydrogen) atoms. The summed E-state index contributed by atoms with van der Waals surface area (Å²) in [7, 11) is 1.31. The van der Waals surface area contributed by atoms with Gasteiger partial charge in [0, 0.05) is 17.2 Å². The third-order valence-corrected chi connectivity index (χ3v) is 7.71. The van der Waals surface area contributed by atoms with Crippen LogP contribution in [0.25, 0.3) is 17.4 Å². The van der Waals surface area contributed by atoms with Crippen molar-refractivity contribution >= 4 is 29.4 Å². The Morgan fingerprint density at radius 2 is 1.88 bits per heavy atom. The van der Waals surface area contributed by atoms with E-state index in [2.05, 4.69) is 4.99 Å². The first-order valence-electron chi connectivity index (χ1n) is 14.0. The smallest absolute Gasteiger partial charge is 0.338 e. The van der Waals surface area contributed by atoms with E-state index in [1.807, 2.05) is 37.3 Å². The van der Waals surface area contributed by atoms with Crippen LogP contribution in [0.15, 0.2) is 86.1 Å². The van der Waals surface area contributed by atoms with Crippen molar-refractivity contribution in [1.82, 2.24) is 4.57 Å². The lowest BCUT2D eigenvalue weighted by molar-refractivity contribution is -0.136. The lowest BCUT2D eigenvalue weighted by atomic mass is 9.95. The molecular formula is C33H32N2O7S. The van der Waals surface area contributed by atoms with Crippen LogP contribution in [0.1, 0.15) is 61.8 Å². The molecule has 2 aromatic heterocycles.